The summed E-state index contributed by atoms with van der Waals surface area (Å²) < 4.78 is 1.56. The fourth-order valence-electron chi connectivity index (χ4n) is 2.28. The molecule has 3 N–H and O–H groups in total. The Hall–Kier alpha value is -1.56. The molecule has 1 aromatic rings. The Labute approximate surface area is 107 Å². The lowest BCUT2D eigenvalue weighted by molar-refractivity contribution is -0.122. The molecule has 100 valence electrons. The topological polar surface area (TPSA) is 76.2 Å². The number of nitrogens with one attached hydrogen (secondary N) is 1. The van der Waals surface area contributed by atoms with Crippen molar-refractivity contribution >= 4 is 11.6 Å². The van der Waals surface area contributed by atoms with E-state index >= 15 is 0 Å². The molecule has 0 radical (unpaired) electrons. The molecular weight excluding hydrogens is 230 g/mol. The van der Waals surface area contributed by atoms with Gasteiger partial charge in [-0.25, -0.2) is 0 Å². The second-order valence-corrected chi connectivity index (χ2v) is 4.75. The normalized spacial score (nSPS) is 17.8. The van der Waals surface area contributed by atoms with Crippen LogP contribution in [0.1, 0.15) is 19.8 Å². The number of rotatable bonds is 4. The zero-order valence-electron chi connectivity index (χ0n) is 10.8. The molecule has 0 bridgehead atoms. The van der Waals surface area contributed by atoms with Crippen molar-refractivity contribution in [3.63, 3.8) is 0 Å². The molecule has 6 heteroatoms. The molecule has 1 aromatic heterocycles. The second-order valence-electron chi connectivity index (χ2n) is 4.75. The third-order valence-electron chi connectivity index (χ3n) is 3.36. The minimum atomic E-state index is 0.00745. The second kappa shape index (κ2) is 5.86. The molecule has 0 atom stereocenters. The van der Waals surface area contributed by atoms with Crippen LogP contribution in [0.3, 0.4) is 0 Å². The first-order valence-corrected chi connectivity index (χ1v) is 6.47. The molecule has 2 heterocycles. The van der Waals surface area contributed by atoms with E-state index in [2.05, 4.69) is 22.2 Å². The Kier molecular flexibility index (Phi) is 4.19. The highest BCUT2D eigenvalue weighted by Gasteiger charge is 2.19. The third-order valence-corrected chi connectivity index (χ3v) is 3.36. The third kappa shape index (κ3) is 3.46. The smallest absolute Gasteiger partial charge is 0.241 e. The molecule has 1 saturated heterocycles. The minimum absolute atomic E-state index is 0.00745. The zero-order valence-corrected chi connectivity index (χ0v) is 10.8. The highest BCUT2D eigenvalue weighted by Crippen LogP contribution is 2.09. The first-order chi connectivity index (χ1) is 8.67. The summed E-state index contributed by atoms with van der Waals surface area (Å²) >= 11 is 0. The van der Waals surface area contributed by atoms with E-state index in [1.807, 2.05) is 0 Å². The molecule has 0 unspecified atom stereocenters. The van der Waals surface area contributed by atoms with Gasteiger partial charge >= 0.3 is 0 Å². The summed E-state index contributed by atoms with van der Waals surface area (Å²) in [7, 11) is 0. The van der Waals surface area contributed by atoms with Gasteiger partial charge in [0.15, 0.2) is 0 Å². The van der Waals surface area contributed by atoms with E-state index in [4.69, 9.17) is 5.73 Å². The Morgan fingerprint density at radius 2 is 2.28 bits per heavy atom. The predicted octanol–water partition coefficient (Wildman–Crippen LogP) is 0.0658. The van der Waals surface area contributed by atoms with Gasteiger partial charge in [-0.3, -0.25) is 9.48 Å². The fourth-order valence-corrected chi connectivity index (χ4v) is 2.28. The van der Waals surface area contributed by atoms with Gasteiger partial charge in [-0.2, -0.15) is 5.10 Å². The van der Waals surface area contributed by atoms with Crippen molar-refractivity contribution in [2.24, 2.45) is 0 Å². The van der Waals surface area contributed by atoms with Crippen LogP contribution in [-0.2, 0) is 11.3 Å². The van der Waals surface area contributed by atoms with E-state index in [1.165, 1.54) is 0 Å². The van der Waals surface area contributed by atoms with E-state index in [9.17, 15) is 4.79 Å². The Balaban J connectivity index is 1.75. The SMILES string of the molecule is CCN1CCC(NC(=O)Cn2cc(N)cn2)CC1. The van der Waals surface area contributed by atoms with E-state index in [0.717, 1.165) is 32.5 Å². The molecule has 1 aliphatic heterocycles. The molecule has 1 fully saturated rings. The van der Waals surface area contributed by atoms with Crippen LogP contribution < -0.4 is 11.1 Å². The molecule has 0 spiro atoms. The molecule has 0 aromatic carbocycles. The molecule has 1 amide bonds. The van der Waals surface area contributed by atoms with Crippen molar-refractivity contribution in [3.05, 3.63) is 12.4 Å². The molecule has 6 nitrogen and oxygen atoms in total. The van der Waals surface area contributed by atoms with Gasteiger partial charge in [0.2, 0.25) is 5.91 Å². The highest BCUT2D eigenvalue weighted by atomic mass is 16.2. The van der Waals surface area contributed by atoms with E-state index in [-0.39, 0.29) is 12.5 Å². The summed E-state index contributed by atoms with van der Waals surface area (Å²) in [6.45, 7) is 5.63. The van der Waals surface area contributed by atoms with Crippen LogP contribution in [0.25, 0.3) is 0 Å². The van der Waals surface area contributed by atoms with Crippen LogP contribution in [-0.4, -0.2) is 46.3 Å². The largest absolute Gasteiger partial charge is 0.396 e. The number of piperidine rings is 1. The number of anilines is 1. The maximum Gasteiger partial charge on any atom is 0.241 e. The number of carbonyl (C=O) groups is 1. The van der Waals surface area contributed by atoms with Crippen molar-refractivity contribution in [1.82, 2.24) is 20.0 Å². The van der Waals surface area contributed by atoms with Crippen molar-refractivity contribution in [2.45, 2.75) is 32.4 Å². The molecule has 2 rings (SSSR count). The zero-order chi connectivity index (χ0) is 13.0. The lowest BCUT2D eigenvalue weighted by Gasteiger charge is -2.31. The van der Waals surface area contributed by atoms with Gasteiger partial charge in [-0.1, -0.05) is 6.92 Å². The Bertz CT molecular complexity index is 395. The summed E-state index contributed by atoms with van der Waals surface area (Å²) in [5.41, 5.74) is 6.13. The average molecular weight is 251 g/mol. The van der Waals surface area contributed by atoms with Crippen LogP contribution in [0.15, 0.2) is 12.4 Å². The molecule has 0 aliphatic carbocycles. The van der Waals surface area contributed by atoms with Gasteiger partial charge in [0.05, 0.1) is 11.9 Å². The monoisotopic (exact) mass is 251 g/mol. The minimum Gasteiger partial charge on any atom is -0.396 e. The van der Waals surface area contributed by atoms with Crippen molar-refractivity contribution in [3.8, 4) is 0 Å². The van der Waals surface area contributed by atoms with Crippen molar-refractivity contribution in [1.29, 1.82) is 0 Å². The fraction of sp³-hybridized carbons (Fsp3) is 0.667. The van der Waals surface area contributed by atoms with Crippen molar-refractivity contribution < 1.29 is 4.79 Å². The number of nitrogens with two attached hydrogens (primary N) is 1. The van der Waals surface area contributed by atoms with Crippen LogP contribution in [0.5, 0.6) is 0 Å². The molecule has 18 heavy (non-hydrogen) atoms. The molecule has 1 aliphatic rings. The van der Waals surface area contributed by atoms with Crippen LogP contribution in [0.4, 0.5) is 5.69 Å². The lowest BCUT2D eigenvalue weighted by Crippen LogP contribution is -2.45. The predicted molar refractivity (Wildman–Crippen MR) is 69.9 cm³/mol. The number of carbonyl (C=O) groups excluding carboxylic acids is 1. The molecular formula is C12H21N5O. The summed E-state index contributed by atoms with van der Waals surface area (Å²) in [5.74, 6) is 0.00745. The maximum atomic E-state index is 11.8. The van der Waals surface area contributed by atoms with Gasteiger partial charge in [-0.05, 0) is 19.4 Å². The van der Waals surface area contributed by atoms with Gasteiger partial charge in [0.25, 0.3) is 0 Å². The van der Waals surface area contributed by atoms with Crippen LogP contribution >= 0.6 is 0 Å². The summed E-state index contributed by atoms with van der Waals surface area (Å²) in [6, 6.07) is 0.299. The van der Waals surface area contributed by atoms with Gasteiger partial charge in [-0.15, -0.1) is 0 Å². The van der Waals surface area contributed by atoms with Crippen molar-refractivity contribution in [2.75, 3.05) is 25.4 Å². The summed E-state index contributed by atoms with van der Waals surface area (Å²) in [5, 5.41) is 7.05. The number of nitrogen functional groups attached to an aromatic ring is 1. The molecule has 0 saturated carbocycles. The van der Waals surface area contributed by atoms with E-state index in [0.29, 0.717) is 11.7 Å². The average Bonchev–Trinajstić information content (AvgIpc) is 2.75. The summed E-state index contributed by atoms with van der Waals surface area (Å²) in [6.07, 6.45) is 5.27. The number of likely N-dealkylation sites (tertiary alicyclic amines) is 1. The number of aromatic nitrogens is 2. The number of amides is 1. The van der Waals surface area contributed by atoms with Gasteiger partial charge in [0.1, 0.15) is 6.54 Å². The first kappa shape index (κ1) is 12.9. The lowest BCUT2D eigenvalue weighted by atomic mass is 10.1. The van der Waals surface area contributed by atoms with E-state index < -0.39 is 0 Å². The van der Waals surface area contributed by atoms with Crippen LogP contribution in [0, 0.1) is 0 Å². The van der Waals surface area contributed by atoms with Gasteiger partial charge < -0.3 is 16.0 Å². The number of hydrogen-bond donors (Lipinski definition) is 2. The standard InChI is InChI=1S/C12H21N5O/c1-2-16-5-3-11(4-6-16)15-12(18)9-17-8-10(13)7-14-17/h7-8,11H,2-6,9,13H2,1H3,(H,15,18). The maximum absolute atomic E-state index is 11.8. The van der Waals surface area contributed by atoms with E-state index in [1.54, 1.807) is 17.1 Å². The Morgan fingerprint density at radius 1 is 1.56 bits per heavy atom. The quantitative estimate of drug-likeness (QED) is 0.793. The van der Waals surface area contributed by atoms with Crippen LogP contribution in [0.2, 0.25) is 0 Å². The van der Waals surface area contributed by atoms with Gasteiger partial charge in [0, 0.05) is 25.3 Å². The summed E-state index contributed by atoms with van der Waals surface area (Å²) in [4.78, 5) is 14.2. The highest BCUT2D eigenvalue weighted by molar-refractivity contribution is 5.76. The number of nitrogens with zero attached hydrogens (tertiary/aromatic N) is 3. The first-order valence-electron chi connectivity index (χ1n) is 6.47. The number of hydrogen-bond acceptors (Lipinski definition) is 4. The Morgan fingerprint density at radius 3 is 2.83 bits per heavy atom.